The first kappa shape index (κ1) is 14.6. The van der Waals surface area contributed by atoms with Gasteiger partial charge in [-0.1, -0.05) is 26.8 Å². The molecule has 0 bridgehead atoms. The van der Waals surface area contributed by atoms with Crippen LogP contribution in [0.5, 0.6) is 0 Å². The van der Waals surface area contributed by atoms with Gasteiger partial charge in [-0.25, -0.2) is 0 Å². The van der Waals surface area contributed by atoms with Crippen LogP contribution in [-0.2, 0) is 21.9 Å². The van der Waals surface area contributed by atoms with Gasteiger partial charge in [0.1, 0.15) is 5.75 Å². The minimum atomic E-state index is 0.241. The Labute approximate surface area is 110 Å². The third kappa shape index (κ3) is 4.72. The predicted octanol–water partition coefficient (Wildman–Crippen LogP) is 3.50. The molecule has 0 saturated carbocycles. The summed E-state index contributed by atoms with van der Waals surface area (Å²) < 4.78 is 5.36. The molecular formula is C15H25OS+. The molecule has 0 unspecified atom stereocenters. The number of ether oxygens (including phenoxy) is 1. The molecule has 0 aliphatic carbocycles. The molecule has 0 N–H and O–H groups in total. The van der Waals surface area contributed by atoms with Gasteiger partial charge in [0.25, 0.3) is 0 Å². The molecule has 0 radical (unpaired) electrons. The first-order valence-electron chi connectivity index (χ1n) is 6.31. The van der Waals surface area contributed by atoms with Gasteiger partial charge in [0.05, 0.1) is 6.61 Å². The molecule has 1 nitrogen and oxygen atoms in total. The van der Waals surface area contributed by atoms with Crippen molar-refractivity contribution < 1.29 is 4.74 Å². The molecule has 1 rings (SSSR count). The maximum atomic E-state index is 5.36. The van der Waals surface area contributed by atoms with Gasteiger partial charge in [-0.3, -0.25) is 0 Å². The molecule has 1 aromatic carbocycles. The number of hydrogen-bond donors (Lipinski definition) is 0. The van der Waals surface area contributed by atoms with Crippen molar-refractivity contribution in [3.63, 3.8) is 0 Å². The normalized spacial score (nSPS) is 11.8. The second-order valence-electron chi connectivity index (χ2n) is 5.33. The highest BCUT2D eigenvalue weighted by Crippen LogP contribution is 2.26. The molecule has 2 heteroatoms. The Bertz CT molecular complexity index is 352. The maximum Gasteiger partial charge on any atom is 0.152 e. The summed E-state index contributed by atoms with van der Waals surface area (Å²) >= 11 is 1.37. The number of hydrogen-bond acceptors (Lipinski definition) is 1. The Hall–Kier alpha value is -0.470. The van der Waals surface area contributed by atoms with Crippen molar-refractivity contribution in [3.05, 3.63) is 29.3 Å². The van der Waals surface area contributed by atoms with Crippen LogP contribution in [0.1, 0.15) is 38.8 Å². The van der Waals surface area contributed by atoms with Crippen LogP contribution in [0.15, 0.2) is 23.1 Å². The molecular weight excluding hydrogens is 228 g/mol. The SMILES string of the molecule is CCOCC[SH+]c1ccc(C(C)(C)C)c(C)c1. The van der Waals surface area contributed by atoms with Gasteiger partial charge in [0.2, 0.25) is 0 Å². The fourth-order valence-corrected chi connectivity index (χ4v) is 2.91. The standard InChI is InChI=1S/C15H24OS/c1-6-16-9-10-17-13-7-8-14(12(2)11-13)15(3,4)5/h7-8,11H,6,9-10H2,1-5H3/p+1. The van der Waals surface area contributed by atoms with Crippen LogP contribution >= 0.6 is 0 Å². The van der Waals surface area contributed by atoms with E-state index >= 15 is 0 Å². The van der Waals surface area contributed by atoms with Crippen LogP contribution < -0.4 is 0 Å². The van der Waals surface area contributed by atoms with Gasteiger partial charge in [-0.2, -0.15) is 0 Å². The Balaban J connectivity index is 2.63. The second kappa shape index (κ2) is 6.46. The number of rotatable bonds is 5. The van der Waals surface area contributed by atoms with Crippen molar-refractivity contribution in [2.75, 3.05) is 19.0 Å². The lowest BCUT2D eigenvalue weighted by Crippen LogP contribution is -2.13. The Kier molecular flexibility index (Phi) is 5.54. The molecule has 0 aliphatic rings. The monoisotopic (exact) mass is 253 g/mol. The highest BCUT2D eigenvalue weighted by Gasteiger charge is 2.17. The van der Waals surface area contributed by atoms with E-state index in [0.717, 1.165) is 19.0 Å². The summed E-state index contributed by atoms with van der Waals surface area (Å²) in [6.45, 7) is 12.7. The zero-order chi connectivity index (χ0) is 12.9. The molecule has 0 amide bonds. The van der Waals surface area contributed by atoms with E-state index in [-0.39, 0.29) is 5.41 Å². The van der Waals surface area contributed by atoms with E-state index in [2.05, 4.69) is 45.9 Å². The zero-order valence-electron chi connectivity index (χ0n) is 11.7. The van der Waals surface area contributed by atoms with Crippen LogP contribution in [0.2, 0.25) is 0 Å². The van der Waals surface area contributed by atoms with E-state index in [9.17, 15) is 0 Å². The van der Waals surface area contributed by atoms with Gasteiger partial charge >= 0.3 is 0 Å². The lowest BCUT2D eigenvalue weighted by molar-refractivity contribution is 0.164. The largest absolute Gasteiger partial charge is 0.377 e. The molecule has 0 heterocycles. The molecule has 0 saturated heterocycles. The van der Waals surface area contributed by atoms with Gasteiger partial charge in [0.15, 0.2) is 4.90 Å². The summed E-state index contributed by atoms with van der Waals surface area (Å²) in [5, 5.41) is 0. The minimum absolute atomic E-state index is 0.241. The minimum Gasteiger partial charge on any atom is -0.377 e. The smallest absolute Gasteiger partial charge is 0.152 e. The highest BCUT2D eigenvalue weighted by atomic mass is 32.2. The van der Waals surface area contributed by atoms with E-state index < -0.39 is 0 Å². The van der Waals surface area contributed by atoms with Crippen molar-refractivity contribution in [2.45, 2.75) is 44.9 Å². The van der Waals surface area contributed by atoms with Gasteiger partial charge in [-0.15, -0.1) is 0 Å². The lowest BCUT2D eigenvalue weighted by Gasteiger charge is -2.21. The maximum absolute atomic E-state index is 5.36. The third-order valence-corrected chi connectivity index (χ3v) is 3.80. The predicted molar refractivity (Wildman–Crippen MR) is 78.3 cm³/mol. The van der Waals surface area contributed by atoms with Gasteiger partial charge in [0, 0.05) is 18.4 Å². The van der Waals surface area contributed by atoms with Crippen molar-refractivity contribution >= 4 is 11.8 Å². The molecule has 17 heavy (non-hydrogen) atoms. The first-order chi connectivity index (χ1) is 7.95. The summed E-state index contributed by atoms with van der Waals surface area (Å²) in [6, 6.07) is 6.84. The molecule has 0 atom stereocenters. The van der Waals surface area contributed by atoms with E-state index in [1.54, 1.807) is 0 Å². The summed E-state index contributed by atoms with van der Waals surface area (Å²) in [5.74, 6) is 1.09. The van der Waals surface area contributed by atoms with Crippen molar-refractivity contribution in [1.82, 2.24) is 0 Å². The zero-order valence-corrected chi connectivity index (χ0v) is 12.6. The number of thiol groups is 1. The van der Waals surface area contributed by atoms with E-state index in [1.165, 1.54) is 27.8 Å². The van der Waals surface area contributed by atoms with Gasteiger partial charge in [-0.05, 0) is 42.5 Å². The van der Waals surface area contributed by atoms with Crippen molar-refractivity contribution in [2.24, 2.45) is 0 Å². The molecule has 1 aromatic rings. The average Bonchev–Trinajstić information content (AvgIpc) is 2.23. The Morgan fingerprint density at radius 2 is 1.94 bits per heavy atom. The average molecular weight is 253 g/mol. The van der Waals surface area contributed by atoms with Crippen molar-refractivity contribution in [3.8, 4) is 0 Å². The quantitative estimate of drug-likeness (QED) is 0.443. The molecule has 0 fully saturated rings. The Morgan fingerprint density at radius 1 is 1.24 bits per heavy atom. The lowest BCUT2D eigenvalue weighted by atomic mass is 9.84. The summed E-state index contributed by atoms with van der Waals surface area (Å²) in [6.07, 6.45) is 0. The van der Waals surface area contributed by atoms with E-state index in [1.807, 2.05) is 6.92 Å². The first-order valence-corrected chi connectivity index (χ1v) is 7.39. The van der Waals surface area contributed by atoms with Gasteiger partial charge < -0.3 is 4.74 Å². The summed E-state index contributed by atoms with van der Waals surface area (Å²) in [4.78, 5) is 1.40. The highest BCUT2D eigenvalue weighted by molar-refractivity contribution is 7.78. The van der Waals surface area contributed by atoms with Crippen LogP contribution in [0.25, 0.3) is 0 Å². The number of benzene rings is 1. The van der Waals surface area contributed by atoms with Crippen LogP contribution in [0.3, 0.4) is 0 Å². The van der Waals surface area contributed by atoms with E-state index in [4.69, 9.17) is 4.74 Å². The second-order valence-corrected chi connectivity index (χ2v) is 6.61. The van der Waals surface area contributed by atoms with Crippen molar-refractivity contribution in [1.29, 1.82) is 0 Å². The molecule has 0 spiro atoms. The fraction of sp³-hybridized carbons (Fsp3) is 0.600. The topological polar surface area (TPSA) is 9.23 Å². The summed E-state index contributed by atoms with van der Waals surface area (Å²) in [7, 11) is 0. The summed E-state index contributed by atoms with van der Waals surface area (Å²) in [5.41, 5.74) is 3.09. The molecule has 0 aromatic heterocycles. The van der Waals surface area contributed by atoms with Crippen LogP contribution in [-0.4, -0.2) is 19.0 Å². The molecule has 96 valence electrons. The fourth-order valence-electron chi connectivity index (χ4n) is 1.97. The Morgan fingerprint density at radius 3 is 2.47 bits per heavy atom. The van der Waals surface area contributed by atoms with E-state index in [0.29, 0.717) is 0 Å². The molecule has 0 aliphatic heterocycles. The van der Waals surface area contributed by atoms with Crippen LogP contribution in [0, 0.1) is 6.92 Å². The third-order valence-electron chi connectivity index (χ3n) is 2.75. The van der Waals surface area contributed by atoms with Crippen LogP contribution in [0.4, 0.5) is 0 Å². The number of aryl methyl sites for hydroxylation is 1.